The van der Waals surface area contributed by atoms with Crippen LogP contribution in [0.5, 0.6) is 11.5 Å². The molecule has 0 radical (unpaired) electrons. The number of aromatic nitrogens is 2. The second-order valence-electron chi connectivity index (χ2n) is 6.75. The third-order valence-electron chi connectivity index (χ3n) is 5.18. The highest BCUT2D eigenvalue weighted by atomic mass is 16.5. The minimum atomic E-state index is -0.0569. The molecule has 1 N–H and O–H groups in total. The lowest BCUT2D eigenvalue weighted by molar-refractivity contribution is -0.125. The van der Waals surface area contributed by atoms with Crippen LogP contribution in [0, 0.1) is 5.92 Å². The van der Waals surface area contributed by atoms with Crippen LogP contribution in [-0.2, 0) is 24.3 Å². The van der Waals surface area contributed by atoms with Gasteiger partial charge in [0.05, 0.1) is 25.3 Å². The van der Waals surface area contributed by atoms with Crippen LogP contribution in [-0.4, -0.2) is 29.7 Å². The van der Waals surface area contributed by atoms with Gasteiger partial charge in [-0.3, -0.25) is 4.79 Å². The van der Waals surface area contributed by atoms with Crippen LogP contribution in [0.4, 0.5) is 0 Å². The first-order valence-electron chi connectivity index (χ1n) is 9.12. The Kier molecular flexibility index (Phi) is 4.71. The van der Waals surface area contributed by atoms with Crippen molar-refractivity contribution in [3.63, 3.8) is 0 Å². The van der Waals surface area contributed by atoms with Gasteiger partial charge in [-0.2, -0.15) is 0 Å². The molecule has 0 saturated heterocycles. The Morgan fingerprint density at radius 2 is 2.07 bits per heavy atom. The molecule has 6 heteroatoms. The molecule has 1 atom stereocenters. The Labute approximate surface area is 158 Å². The number of para-hydroxylation sites is 2. The summed E-state index contributed by atoms with van der Waals surface area (Å²) >= 11 is 0. The summed E-state index contributed by atoms with van der Waals surface area (Å²) in [5.41, 5.74) is 3.07. The second kappa shape index (κ2) is 7.31. The molecule has 1 aliphatic rings. The lowest BCUT2D eigenvalue weighted by Gasteiger charge is -2.23. The Balaban J connectivity index is 1.44. The molecule has 0 fully saturated rings. The van der Waals surface area contributed by atoms with E-state index in [1.54, 1.807) is 14.2 Å². The minimum absolute atomic E-state index is 0.0569. The molecule has 27 heavy (non-hydrogen) atoms. The number of amides is 1. The molecule has 0 saturated carbocycles. The van der Waals surface area contributed by atoms with Crippen LogP contribution in [0.25, 0.3) is 11.0 Å². The maximum absolute atomic E-state index is 12.7. The van der Waals surface area contributed by atoms with Gasteiger partial charge < -0.3 is 19.4 Å². The molecule has 140 valence electrons. The summed E-state index contributed by atoms with van der Waals surface area (Å²) in [5.74, 6) is 2.43. The Morgan fingerprint density at radius 1 is 1.22 bits per heavy atom. The molecule has 0 spiro atoms. The van der Waals surface area contributed by atoms with E-state index in [0.717, 1.165) is 41.1 Å². The number of rotatable bonds is 5. The van der Waals surface area contributed by atoms with Crippen molar-refractivity contribution >= 4 is 16.9 Å². The predicted octanol–water partition coefficient (Wildman–Crippen LogP) is 2.93. The molecule has 1 amide bonds. The van der Waals surface area contributed by atoms with Gasteiger partial charge in [0, 0.05) is 37.1 Å². The van der Waals surface area contributed by atoms with Gasteiger partial charge in [0.15, 0.2) is 0 Å². The van der Waals surface area contributed by atoms with Crippen LogP contribution >= 0.6 is 0 Å². The van der Waals surface area contributed by atoms with Gasteiger partial charge in [-0.05, 0) is 30.7 Å². The number of hydrogen-bond acceptors (Lipinski definition) is 4. The van der Waals surface area contributed by atoms with E-state index in [9.17, 15) is 4.79 Å². The van der Waals surface area contributed by atoms with Crippen LogP contribution < -0.4 is 14.8 Å². The van der Waals surface area contributed by atoms with E-state index in [-0.39, 0.29) is 11.8 Å². The van der Waals surface area contributed by atoms with E-state index in [1.807, 2.05) is 36.4 Å². The normalized spacial score (nSPS) is 16.0. The van der Waals surface area contributed by atoms with Crippen molar-refractivity contribution in [1.29, 1.82) is 0 Å². The number of carbonyl (C=O) groups is 1. The summed E-state index contributed by atoms with van der Waals surface area (Å²) in [4.78, 5) is 17.4. The summed E-state index contributed by atoms with van der Waals surface area (Å²) in [6.07, 6.45) is 1.49. The van der Waals surface area contributed by atoms with Crippen molar-refractivity contribution in [2.24, 2.45) is 5.92 Å². The van der Waals surface area contributed by atoms with Crippen molar-refractivity contribution in [2.75, 3.05) is 14.2 Å². The van der Waals surface area contributed by atoms with Gasteiger partial charge in [-0.15, -0.1) is 0 Å². The number of carbonyl (C=O) groups excluding carboxylic acids is 1. The fourth-order valence-corrected chi connectivity index (χ4v) is 3.69. The van der Waals surface area contributed by atoms with E-state index in [1.165, 1.54) is 0 Å². The van der Waals surface area contributed by atoms with Gasteiger partial charge in [0.2, 0.25) is 5.91 Å². The maximum atomic E-state index is 12.7. The van der Waals surface area contributed by atoms with E-state index < -0.39 is 0 Å². The van der Waals surface area contributed by atoms with Crippen molar-refractivity contribution in [3.05, 3.63) is 53.9 Å². The molecule has 0 unspecified atom stereocenters. The highest BCUT2D eigenvalue weighted by Crippen LogP contribution is 2.27. The number of benzene rings is 2. The van der Waals surface area contributed by atoms with Crippen molar-refractivity contribution in [2.45, 2.75) is 25.9 Å². The first-order valence-corrected chi connectivity index (χ1v) is 9.12. The van der Waals surface area contributed by atoms with Gasteiger partial charge in [0.1, 0.15) is 17.3 Å². The van der Waals surface area contributed by atoms with E-state index in [0.29, 0.717) is 18.7 Å². The number of imidazole rings is 1. The predicted molar refractivity (Wildman–Crippen MR) is 103 cm³/mol. The fourth-order valence-electron chi connectivity index (χ4n) is 3.69. The van der Waals surface area contributed by atoms with E-state index >= 15 is 0 Å². The highest BCUT2D eigenvalue weighted by molar-refractivity contribution is 5.80. The van der Waals surface area contributed by atoms with E-state index in [4.69, 9.17) is 14.5 Å². The Hall–Kier alpha value is -3.02. The minimum Gasteiger partial charge on any atom is -0.497 e. The third-order valence-corrected chi connectivity index (χ3v) is 5.18. The fraction of sp³-hybridized carbons (Fsp3) is 0.333. The summed E-state index contributed by atoms with van der Waals surface area (Å²) in [6, 6.07) is 13.7. The number of aryl methyl sites for hydroxylation is 1. The average Bonchev–Trinajstić information content (AvgIpc) is 3.09. The molecular formula is C21H23N3O3. The smallest absolute Gasteiger partial charge is 0.223 e. The average molecular weight is 365 g/mol. The first kappa shape index (κ1) is 17.4. The van der Waals surface area contributed by atoms with Crippen molar-refractivity contribution < 1.29 is 14.3 Å². The summed E-state index contributed by atoms with van der Waals surface area (Å²) < 4.78 is 12.8. The molecule has 4 rings (SSSR count). The molecule has 0 bridgehead atoms. The molecule has 1 aromatic heterocycles. The molecular weight excluding hydrogens is 342 g/mol. The molecule has 6 nitrogen and oxygen atoms in total. The number of hydrogen-bond donors (Lipinski definition) is 1. The maximum Gasteiger partial charge on any atom is 0.223 e. The summed E-state index contributed by atoms with van der Waals surface area (Å²) in [7, 11) is 3.23. The highest BCUT2D eigenvalue weighted by Gasteiger charge is 2.27. The SMILES string of the molecule is COc1ccc(CNC(=O)[C@@H]2CCn3c(nc4ccccc43)C2)c(OC)c1. The molecule has 0 aliphatic carbocycles. The Bertz CT molecular complexity index is 980. The van der Waals surface area contributed by atoms with Crippen LogP contribution in [0.2, 0.25) is 0 Å². The molecule has 1 aliphatic heterocycles. The standard InChI is InChI=1S/C21H23N3O3/c1-26-16-8-7-15(19(12-16)27-2)13-22-21(25)14-9-10-24-18-6-4-3-5-17(18)23-20(24)11-14/h3-8,12,14H,9-11,13H2,1-2H3,(H,22,25)/t14-/m1/s1. The lowest BCUT2D eigenvalue weighted by atomic mass is 9.96. The third kappa shape index (κ3) is 3.35. The monoisotopic (exact) mass is 365 g/mol. The molecule has 2 aromatic carbocycles. The number of nitrogens with zero attached hydrogens (tertiary/aromatic N) is 2. The zero-order valence-corrected chi connectivity index (χ0v) is 15.6. The van der Waals surface area contributed by atoms with Crippen LogP contribution in [0.15, 0.2) is 42.5 Å². The largest absolute Gasteiger partial charge is 0.497 e. The summed E-state index contributed by atoms with van der Waals surface area (Å²) in [6.45, 7) is 1.25. The van der Waals surface area contributed by atoms with Gasteiger partial charge in [0.25, 0.3) is 0 Å². The zero-order chi connectivity index (χ0) is 18.8. The number of methoxy groups -OCH3 is 2. The van der Waals surface area contributed by atoms with E-state index in [2.05, 4.69) is 16.0 Å². The quantitative estimate of drug-likeness (QED) is 0.755. The number of ether oxygens (including phenoxy) is 2. The first-order chi connectivity index (χ1) is 13.2. The van der Waals surface area contributed by atoms with Crippen molar-refractivity contribution in [1.82, 2.24) is 14.9 Å². The zero-order valence-electron chi connectivity index (χ0n) is 15.6. The van der Waals surface area contributed by atoms with Crippen LogP contribution in [0.3, 0.4) is 0 Å². The second-order valence-corrected chi connectivity index (χ2v) is 6.75. The number of fused-ring (bicyclic) bond motifs is 3. The number of nitrogens with one attached hydrogen (secondary N) is 1. The lowest BCUT2D eigenvalue weighted by Crippen LogP contribution is -2.35. The topological polar surface area (TPSA) is 65.4 Å². The summed E-state index contributed by atoms with van der Waals surface area (Å²) in [5, 5.41) is 3.05. The van der Waals surface area contributed by atoms with Gasteiger partial charge in [-0.25, -0.2) is 4.98 Å². The van der Waals surface area contributed by atoms with Crippen LogP contribution in [0.1, 0.15) is 17.8 Å². The molecule has 3 aromatic rings. The molecule has 2 heterocycles. The Morgan fingerprint density at radius 3 is 2.89 bits per heavy atom. The van der Waals surface area contributed by atoms with Gasteiger partial charge in [-0.1, -0.05) is 12.1 Å². The van der Waals surface area contributed by atoms with Crippen molar-refractivity contribution in [3.8, 4) is 11.5 Å². The van der Waals surface area contributed by atoms with Gasteiger partial charge >= 0.3 is 0 Å².